The van der Waals surface area contributed by atoms with Gasteiger partial charge in [-0.05, 0) is 24.5 Å². The summed E-state index contributed by atoms with van der Waals surface area (Å²) in [6.07, 6.45) is 7.61. The highest BCUT2D eigenvalue weighted by Crippen LogP contribution is 2.41. The van der Waals surface area contributed by atoms with Crippen molar-refractivity contribution >= 4 is 28.6 Å². The molecule has 2 aromatic heterocycles. The summed E-state index contributed by atoms with van der Waals surface area (Å²) in [5.41, 5.74) is 2.94. The highest BCUT2D eigenvalue weighted by atomic mass is 16.4. The molecule has 30 heavy (non-hydrogen) atoms. The molecule has 1 fully saturated rings. The summed E-state index contributed by atoms with van der Waals surface area (Å²) in [6, 6.07) is 14.5. The van der Waals surface area contributed by atoms with Gasteiger partial charge in [0.15, 0.2) is 16.9 Å². The van der Waals surface area contributed by atoms with Crippen LogP contribution in [-0.2, 0) is 0 Å². The molecule has 5 nitrogen and oxygen atoms in total. The minimum atomic E-state index is -0.223. The number of carbonyl (C=O) groups is 1. The van der Waals surface area contributed by atoms with Crippen LogP contribution in [0.25, 0.3) is 22.8 Å². The van der Waals surface area contributed by atoms with Crippen LogP contribution in [0.3, 0.4) is 0 Å². The summed E-state index contributed by atoms with van der Waals surface area (Å²) in [6.45, 7) is 0. The number of benzene rings is 1. The predicted octanol–water partition coefficient (Wildman–Crippen LogP) is 6.15. The predicted molar refractivity (Wildman–Crippen MR) is 111 cm³/mol. The molecule has 2 aliphatic rings. The van der Waals surface area contributed by atoms with Crippen LogP contribution in [0.1, 0.15) is 65.5 Å². The Labute approximate surface area is 173 Å². The van der Waals surface area contributed by atoms with Crippen molar-refractivity contribution in [1.82, 2.24) is 0 Å². The number of hydrogen-bond acceptors (Lipinski definition) is 5. The summed E-state index contributed by atoms with van der Waals surface area (Å²) < 4.78 is 12.0. The van der Waals surface area contributed by atoms with Crippen molar-refractivity contribution in [1.29, 1.82) is 10.5 Å². The Morgan fingerprint density at radius 3 is 2.37 bits per heavy atom. The third-order valence-electron chi connectivity index (χ3n) is 5.97. The van der Waals surface area contributed by atoms with Gasteiger partial charge in [0.1, 0.15) is 29.2 Å². The lowest BCUT2D eigenvalue weighted by Gasteiger charge is -2.18. The zero-order chi connectivity index (χ0) is 20.7. The topological polar surface area (TPSA) is 90.9 Å². The fraction of sp³-hybridized carbons (Fsp3) is 0.240. The molecule has 1 saturated carbocycles. The molecule has 0 bridgehead atoms. The first kappa shape index (κ1) is 18.2. The molecular weight excluding hydrogens is 376 g/mol. The van der Waals surface area contributed by atoms with Crippen molar-refractivity contribution in [2.24, 2.45) is 0 Å². The van der Waals surface area contributed by atoms with E-state index in [2.05, 4.69) is 0 Å². The quantitative estimate of drug-likeness (QED) is 0.384. The van der Waals surface area contributed by atoms with Gasteiger partial charge in [-0.25, -0.2) is 0 Å². The first-order valence-corrected chi connectivity index (χ1v) is 10.1. The molecule has 0 atom stereocenters. The van der Waals surface area contributed by atoms with E-state index in [1.54, 1.807) is 36.4 Å². The lowest BCUT2D eigenvalue weighted by Crippen LogP contribution is -2.02. The number of rotatable bonds is 2. The summed E-state index contributed by atoms with van der Waals surface area (Å²) >= 11 is 0. The van der Waals surface area contributed by atoms with E-state index in [1.807, 2.05) is 18.2 Å². The fourth-order valence-corrected chi connectivity index (χ4v) is 4.52. The Kier molecular flexibility index (Phi) is 4.38. The highest BCUT2D eigenvalue weighted by Gasteiger charge is 2.32. The third-order valence-corrected chi connectivity index (χ3v) is 5.97. The van der Waals surface area contributed by atoms with E-state index in [4.69, 9.17) is 8.83 Å². The molecule has 5 heteroatoms. The molecule has 3 aromatic rings. The van der Waals surface area contributed by atoms with Gasteiger partial charge in [0, 0.05) is 34.8 Å². The number of Topliss-reactive ketones (excluding diaryl/α,β-unsaturated/α-hetero) is 1. The van der Waals surface area contributed by atoms with Gasteiger partial charge in [-0.15, -0.1) is 0 Å². The molecule has 0 saturated heterocycles. The Hall–Kier alpha value is -3.83. The van der Waals surface area contributed by atoms with E-state index in [9.17, 15) is 15.3 Å². The molecule has 0 aliphatic heterocycles. The SMILES string of the molecule is N#CC(C#N)=C1/C(=C/c2cc3oc(C4CCCCC4)cc3o2)C(=O)c2ccccc21. The van der Waals surface area contributed by atoms with Gasteiger partial charge in [-0.2, -0.15) is 10.5 Å². The van der Waals surface area contributed by atoms with Gasteiger partial charge in [-0.1, -0.05) is 43.5 Å². The summed E-state index contributed by atoms with van der Waals surface area (Å²) in [4.78, 5) is 13.0. The lowest BCUT2D eigenvalue weighted by molar-refractivity contribution is 0.104. The van der Waals surface area contributed by atoms with Gasteiger partial charge >= 0.3 is 0 Å². The molecule has 1 aromatic carbocycles. The van der Waals surface area contributed by atoms with Crippen molar-refractivity contribution < 1.29 is 13.6 Å². The number of hydrogen-bond donors (Lipinski definition) is 0. The van der Waals surface area contributed by atoms with Crippen LogP contribution in [0.2, 0.25) is 0 Å². The van der Waals surface area contributed by atoms with Crippen molar-refractivity contribution in [3.8, 4) is 12.1 Å². The molecule has 5 rings (SSSR count). The minimum absolute atomic E-state index is 0.0885. The van der Waals surface area contributed by atoms with E-state index in [1.165, 1.54) is 19.3 Å². The number of fused-ring (bicyclic) bond motifs is 2. The van der Waals surface area contributed by atoms with Gasteiger partial charge in [0.05, 0.1) is 0 Å². The van der Waals surface area contributed by atoms with Crippen molar-refractivity contribution in [3.63, 3.8) is 0 Å². The number of ketones is 1. The number of carbonyl (C=O) groups excluding carboxylic acids is 1. The Morgan fingerprint density at radius 2 is 1.67 bits per heavy atom. The smallest absolute Gasteiger partial charge is 0.194 e. The largest absolute Gasteiger partial charge is 0.457 e. The average Bonchev–Trinajstić information content (AvgIpc) is 3.42. The lowest BCUT2D eigenvalue weighted by atomic mass is 9.88. The van der Waals surface area contributed by atoms with Crippen LogP contribution >= 0.6 is 0 Å². The van der Waals surface area contributed by atoms with E-state index in [0.29, 0.717) is 45.1 Å². The first-order chi connectivity index (χ1) is 14.7. The van der Waals surface area contributed by atoms with Crippen molar-refractivity contribution in [3.05, 3.63) is 70.2 Å². The van der Waals surface area contributed by atoms with Crippen LogP contribution in [-0.4, -0.2) is 5.78 Å². The summed E-state index contributed by atoms with van der Waals surface area (Å²) in [5.74, 6) is 1.64. The number of nitrogens with zero attached hydrogens (tertiary/aromatic N) is 2. The second-order valence-electron chi connectivity index (χ2n) is 7.77. The van der Waals surface area contributed by atoms with Crippen LogP contribution in [0, 0.1) is 22.7 Å². The van der Waals surface area contributed by atoms with Gasteiger partial charge < -0.3 is 8.83 Å². The fourth-order valence-electron chi connectivity index (χ4n) is 4.52. The van der Waals surface area contributed by atoms with Gasteiger partial charge in [0.2, 0.25) is 0 Å². The van der Waals surface area contributed by atoms with Gasteiger partial charge in [-0.3, -0.25) is 4.79 Å². The maximum Gasteiger partial charge on any atom is 0.194 e. The molecule has 0 spiro atoms. The van der Waals surface area contributed by atoms with Crippen molar-refractivity contribution in [2.75, 3.05) is 0 Å². The Bertz CT molecular complexity index is 1270. The normalized spacial score (nSPS) is 17.9. The molecule has 0 radical (unpaired) electrons. The second-order valence-corrected chi connectivity index (χ2v) is 7.77. The maximum absolute atomic E-state index is 13.0. The van der Waals surface area contributed by atoms with Crippen molar-refractivity contribution in [2.45, 2.75) is 38.0 Å². The highest BCUT2D eigenvalue weighted by molar-refractivity contribution is 6.29. The zero-order valence-electron chi connectivity index (χ0n) is 16.3. The van der Waals surface area contributed by atoms with Crippen LogP contribution in [0.5, 0.6) is 0 Å². The second kappa shape index (κ2) is 7.21. The molecular formula is C25H18N2O3. The molecule has 0 unspecified atom stereocenters. The number of nitriles is 2. The molecule has 146 valence electrons. The molecule has 2 heterocycles. The molecule has 2 aliphatic carbocycles. The first-order valence-electron chi connectivity index (χ1n) is 10.1. The van der Waals surface area contributed by atoms with Crippen LogP contribution < -0.4 is 0 Å². The summed E-state index contributed by atoms with van der Waals surface area (Å²) in [5, 5.41) is 18.8. The number of allylic oxidation sites excluding steroid dienone is 3. The number of furan rings is 2. The van der Waals surface area contributed by atoms with E-state index >= 15 is 0 Å². The van der Waals surface area contributed by atoms with E-state index in [-0.39, 0.29) is 11.4 Å². The Morgan fingerprint density at radius 1 is 0.967 bits per heavy atom. The van der Waals surface area contributed by atoms with E-state index < -0.39 is 0 Å². The molecule has 0 N–H and O–H groups in total. The van der Waals surface area contributed by atoms with Gasteiger partial charge in [0.25, 0.3) is 0 Å². The van der Waals surface area contributed by atoms with Crippen LogP contribution in [0.4, 0.5) is 0 Å². The monoisotopic (exact) mass is 394 g/mol. The minimum Gasteiger partial charge on any atom is -0.457 e. The maximum atomic E-state index is 13.0. The van der Waals surface area contributed by atoms with E-state index in [0.717, 1.165) is 18.6 Å². The standard InChI is InChI=1S/C25H18N2O3/c26-13-16(14-27)24-18-8-4-5-9-19(18)25(28)20(24)10-17-11-22-23(29-17)12-21(30-22)15-6-2-1-3-7-15/h4-5,8-12,15H,1-3,6-7H2/b20-10-. The average molecular weight is 394 g/mol. The third kappa shape index (κ3) is 2.88. The summed E-state index contributed by atoms with van der Waals surface area (Å²) in [7, 11) is 0. The Balaban J connectivity index is 1.56. The zero-order valence-corrected chi connectivity index (χ0v) is 16.3. The molecule has 0 amide bonds. The van der Waals surface area contributed by atoms with Crippen LogP contribution in [0.15, 0.2) is 56.4 Å².